The van der Waals surface area contributed by atoms with Crippen LogP contribution in [0.3, 0.4) is 0 Å². The number of ether oxygens (including phenoxy) is 1. The lowest BCUT2D eigenvalue weighted by Crippen LogP contribution is -2.10. The van der Waals surface area contributed by atoms with E-state index in [0.717, 1.165) is 12.2 Å². The van der Waals surface area contributed by atoms with Gasteiger partial charge in [0.2, 0.25) is 0 Å². The third-order valence-corrected chi connectivity index (χ3v) is 3.33. The van der Waals surface area contributed by atoms with Crippen LogP contribution in [0, 0.1) is 0 Å². The zero-order chi connectivity index (χ0) is 16.1. The van der Waals surface area contributed by atoms with Crippen LogP contribution < -0.4 is 10.1 Å². The monoisotopic (exact) mass is 311 g/mol. The Hall–Kier alpha value is -3.02. The lowest BCUT2D eigenvalue weighted by molar-refractivity contribution is 0.0996. The second-order valence-corrected chi connectivity index (χ2v) is 4.97. The van der Waals surface area contributed by atoms with Gasteiger partial charge in [0.05, 0.1) is 24.3 Å². The molecule has 0 fully saturated rings. The molecule has 0 saturated carbocycles. The molecule has 23 heavy (non-hydrogen) atoms. The minimum atomic E-state index is -0.314. The summed E-state index contributed by atoms with van der Waals surface area (Å²) in [7, 11) is 0. The minimum Gasteiger partial charge on any atom is -0.471 e. The van der Waals surface area contributed by atoms with E-state index in [1.807, 2.05) is 24.3 Å². The van der Waals surface area contributed by atoms with Crippen molar-refractivity contribution >= 4 is 11.6 Å². The molecular weight excluding hydrogens is 294 g/mol. The SMILES string of the molecule is CCc1ccc(OCn2cc(NC(=O)c3ccco3)cn2)cc1. The molecule has 1 amide bonds. The number of hydrogen-bond donors (Lipinski definition) is 1. The van der Waals surface area contributed by atoms with E-state index in [-0.39, 0.29) is 18.4 Å². The van der Waals surface area contributed by atoms with Crippen LogP contribution in [0.25, 0.3) is 0 Å². The largest absolute Gasteiger partial charge is 0.471 e. The van der Waals surface area contributed by atoms with Crippen LogP contribution in [0.15, 0.2) is 59.5 Å². The molecule has 2 aromatic heterocycles. The van der Waals surface area contributed by atoms with Gasteiger partial charge >= 0.3 is 0 Å². The standard InChI is InChI=1S/C17H17N3O3/c1-2-13-5-7-15(8-6-13)23-12-20-11-14(10-18-20)19-17(21)16-4-3-9-22-16/h3-11H,2,12H2,1H3,(H,19,21). The summed E-state index contributed by atoms with van der Waals surface area (Å²) in [5.74, 6) is 0.717. The Morgan fingerprint density at radius 1 is 1.30 bits per heavy atom. The zero-order valence-corrected chi connectivity index (χ0v) is 12.7. The van der Waals surface area contributed by atoms with Crippen LogP contribution in [0.5, 0.6) is 5.75 Å². The van der Waals surface area contributed by atoms with Crippen LogP contribution in [-0.4, -0.2) is 15.7 Å². The van der Waals surface area contributed by atoms with Crippen molar-refractivity contribution in [2.45, 2.75) is 20.1 Å². The van der Waals surface area contributed by atoms with Crippen LogP contribution in [0.2, 0.25) is 0 Å². The molecule has 3 aromatic rings. The van der Waals surface area contributed by atoms with Crippen molar-refractivity contribution < 1.29 is 13.9 Å². The van der Waals surface area contributed by atoms with E-state index in [4.69, 9.17) is 9.15 Å². The normalized spacial score (nSPS) is 10.5. The fraction of sp³-hybridized carbons (Fsp3) is 0.176. The van der Waals surface area contributed by atoms with Crippen LogP contribution in [-0.2, 0) is 13.2 Å². The number of hydrogen-bond acceptors (Lipinski definition) is 4. The van der Waals surface area contributed by atoms with E-state index in [2.05, 4.69) is 17.3 Å². The van der Waals surface area contributed by atoms with Gasteiger partial charge in [-0.25, -0.2) is 4.68 Å². The highest BCUT2D eigenvalue weighted by Gasteiger charge is 2.09. The van der Waals surface area contributed by atoms with Gasteiger partial charge in [0.25, 0.3) is 5.91 Å². The number of rotatable bonds is 6. The molecule has 0 aliphatic rings. The topological polar surface area (TPSA) is 69.3 Å². The van der Waals surface area contributed by atoms with Crippen molar-refractivity contribution in [1.82, 2.24) is 9.78 Å². The molecule has 0 unspecified atom stereocenters. The number of carbonyl (C=O) groups is 1. The van der Waals surface area contributed by atoms with Gasteiger partial charge in [-0.15, -0.1) is 0 Å². The van der Waals surface area contributed by atoms with Crippen LogP contribution in [0.1, 0.15) is 23.0 Å². The molecule has 6 nitrogen and oxygen atoms in total. The molecule has 2 heterocycles. The van der Waals surface area contributed by atoms with Gasteiger partial charge in [0, 0.05) is 0 Å². The summed E-state index contributed by atoms with van der Waals surface area (Å²) in [4.78, 5) is 11.9. The van der Waals surface area contributed by atoms with E-state index in [0.29, 0.717) is 5.69 Å². The molecule has 0 saturated heterocycles. The van der Waals surface area contributed by atoms with Crippen LogP contribution >= 0.6 is 0 Å². The van der Waals surface area contributed by atoms with E-state index in [1.54, 1.807) is 29.2 Å². The summed E-state index contributed by atoms with van der Waals surface area (Å²) >= 11 is 0. The first-order valence-electron chi connectivity index (χ1n) is 7.33. The molecule has 1 aromatic carbocycles. The van der Waals surface area contributed by atoms with Gasteiger partial charge in [-0.2, -0.15) is 5.10 Å². The summed E-state index contributed by atoms with van der Waals surface area (Å²) in [6.45, 7) is 2.38. The molecule has 0 bridgehead atoms. The number of nitrogens with one attached hydrogen (secondary N) is 1. The number of aryl methyl sites for hydroxylation is 1. The Balaban J connectivity index is 1.55. The molecule has 1 N–H and O–H groups in total. The first-order valence-corrected chi connectivity index (χ1v) is 7.33. The van der Waals surface area contributed by atoms with Gasteiger partial charge in [-0.3, -0.25) is 4.79 Å². The molecule has 0 aliphatic carbocycles. The fourth-order valence-corrected chi connectivity index (χ4v) is 2.06. The van der Waals surface area contributed by atoms with Gasteiger partial charge in [0.1, 0.15) is 5.75 Å². The van der Waals surface area contributed by atoms with Crippen molar-refractivity contribution in [2.24, 2.45) is 0 Å². The third kappa shape index (κ3) is 3.79. The Morgan fingerprint density at radius 3 is 2.83 bits per heavy atom. The van der Waals surface area contributed by atoms with Gasteiger partial charge in [-0.1, -0.05) is 19.1 Å². The molecule has 3 rings (SSSR count). The average Bonchev–Trinajstić information content (AvgIpc) is 3.25. The van der Waals surface area contributed by atoms with Crippen LogP contribution in [0.4, 0.5) is 5.69 Å². The fourth-order valence-electron chi connectivity index (χ4n) is 2.06. The Kier molecular flexibility index (Phi) is 4.42. The second kappa shape index (κ2) is 6.83. The third-order valence-electron chi connectivity index (χ3n) is 3.33. The predicted octanol–water partition coefficient (Wildman–Crippen LogP) is 3.33. The summed E-state index contributed by atoms with van der Waals surface area (Å²) in [6, 6.07) is 11.2. The van der Waals surface area contributed by atoms with Crippen molar-refractivity contribution in [1.29, 1.82) is 0 Å². The van der Waals surface area contributed by atoms with Gasteiger partial charge in [-0.05, 0) is 36.2 Å². The van der Waals surface area contributed by atoms with E-state index in [9.17, 15) is 4.79 Å². The van der Waals surface area contributed by atoms with E-state index < -0.39 is 0 Å². The number of carbonyl (C=O) groups excluding carboxylic acids is 1. The molecule has 0 radical (unpaired) electrons. The number of benzene rings is 1. The Labute approximate surface area is 133 Å². The maximum atomic E-state index is 11.9. The second-order valence-electron chi connectivity index (χ2n) is 4.97. The van der Waals surface area contributed by atoms with Crippen molar-refractivity contribution in [3.05, 3.63) is 66.4 Å². The maximum Gasteiger partial charge on any atom is 0.291 e. The minimum absolute atomic E-state index is 0.255. The summed E-state index contributed by atoms with van der Waals surface area (Å²) in [5, 5.41) is 6.85. The lowest BCUT2D eigenvalue weighted by atomic mass is 10.2. The molecule has 0 aliphatic heterocycles. The summed E-state index contributed by atoms with van der Waals surface area (Å²) < 4.78 is 12.3. The lowest BCUT2D eigenvalue weighted by Gasteiger charge is -2.06. The quantitative estimate of drug-likeness (QED) is 0.758. The summed E-state index contributed by atoms with van der Waals surface area (Å²) in [6.07, 6.45) is 5.71. The molecule has 0 spiro atoms. The highest BCUT2D eigenvalue weighted by Crippen LogP contribution is 2.14. The highest BCUT2D eigenvalue weighted by molar-refractivity contribution is 6.02. The molecule has 6 heteroatoms. The van der Waals surface area contributed by atoms with Crippen molar-refractivity contribution in [3.63, 3.8) is 0 Å². The zero-order valence-electron chi connectivity index (χ0n) is 12.7. The predicted molar refractivity (Wildman–Crippen MR) is 85.3 cm³/mol. The number of nitrogens with zero attached hydrogens (tertiary/aromatic N) is 2. The number of aromatic nitrogens is 2. The Morgan fingerprint density at radius 2 is 2.13 bits per heavy atom. The number of furan rings is 1. The number of anilines is 1. The van der Waals surface area contributed by atoms with Gasteiger partial charge < -0.3 is 14.5 Å². The van der Waals surface area contributed by atoms with E-state index in [1.165, 1.54) is 11.8 Å². The molecule has 118 valence electrons. The Bertz CT molecular complexity index is 761. The first-order chi connectivity index (χ1) is 11.2. The number of amides is 1. The average molecular weight is 311 g/mol. The first kappa shape index (κ1) is 14.9. The maximum absolute atomic E-state index is 11.9. The highest BCUT2D eigenvalue weighted by atomic mass is 16.5. The van der Waals surface area contributed by atoms with E-state index >= 15 is 0 Å². The molecule has 0 atom stereocenters. The molecular formula is C17H17N3O3. The smallest absolute Gasteiger partial charge is 0.291 e. The van der Waals surface area contributed by atoms with Gasteiger partial charge in [0.15, 0.2) is 12.5 Å². The van der Waals surface area contributed by atoms with Crippen molar-refractivity contribution in [2.75, 3.05) is 5.32 Å². The summed E-state index contributed by atoms with van der Waals surface area (Å²) in [5.41, 5.74) is 1.84. The van der Waals surface area contributed by atoms with Crippen molar-refractivity contribution in [3.8, 4) is 5.75 Å².